The predicted molar refractivity (Wildman–Crippen MR) is 65.4 cm³/mol. The summed E-state index contributed by atoms with van der Waals surface area (Å²) in [5, 5.41) is 11.0. The number of nitrogens with one attached hydrogen (secondary N) is 1. The molecule has 0 saturated carbocycles. The maximum atomic E-state index is 11.9. The van der Waals surface area contributed by atoms with Gasteiger partial charge in [-0.05, 0) is 13.8 Å². The first-order chi connectivity index (χ1) is 8.04. The van der Waals surface area contributed by atoms with Gasteiger partial charge in [-0.2, -0.15) is 0 Å². The van der Waals surface area contributed by atoms with Crippen molar-refractivity contribution in [3.63, 3.8) is 0 Å². The van der Waals surface area contributed by atoms with Gasteiger partial charge in [0.05, 0.1) is 25.9 Å². The Bertz CT molecular complexity index is 282. The Morgan fingerprint density at radius 2 is 1.88 bits per heavy atom. The minimum Gasteiger partial charge on any atom is -0.480 e. The molecular weight excluding hydrogens is 245 g/mol. The summed E-state index contributed by atoms with van der Waals surface area (Å²) >= 11 is 0. The predicted octanol–water partition coefficient (Wildman–Crippen LogP) is 1.48. The molecule has 0 radical (unpaired) electrons. The molecule has 0 atom stereocenters. The Morgan fingerprint density at radius 1 is 1.29 bits per heavy atom. The normalized spacial score (nSPS) is 12.1. The largest absolute Gasteiger partial charge is 0.480 e. The van der Waals surface area contributed by atoms with Crippen LogP contribution in [0.25, 0.3) is 0 Å². The van der Waals surface area contributed by atoms with Gasteiger partial charge in [0.25, 0.3) is 0 Å². The molecule has 0 amide bonds. The summed E-state index contributed by atoms with van der Waals surface area (Å²) in [5.41, 5.74) is 0. The van der Waals surface area contributed by atoms with Gasteiger partial charge >= 0.3 is 13.6 Å². The van der Waals surface area contributed by atoms with Gasteiger partial charge in [-0.15, -0.1) is 0 Å². The minimum atomic E-state index is -3.02. The summed E-state index contributed by atoms with van der Waals surface area (Å²) in [4.78, 5) is 10.2. The molecule has 0 aliphatic carbocycles. The molecule has 0 aromatic heterocycles. The van der Waals surface area contributed by atoms with Gasteiger partial charge in [0.1, 0.15) is 0 Å². The zero-order valence-electron chi connectivity index (χ0n) is 10.2. The molecule has 17 heavy (non-hydrogen) atoms. The van der Waals surface area contributed by atoms with E-state index in [-0.39, 0.29) is 12.7 Å². The average Bonchev–Trinajstić information content (AvgIpc) is 2.23. The third-order valence-corrected chi connectivity index (χ3v) is 3.65. The van der Waals surface area contributed by atoms with E-state index in [4.69, 9.17) is 14.2 Å². The maximum Gasteiger partial charge on any atom is 0.334 e. The SMILES string of the molecule is CCOP(=O)(CC=CCNCC(=O)O)OCC. The lowest BCUT2D eigenvalue weighted by molar-refractivity contribution is -0.135. The van der Waals surface area contributed by atoms with Crippen molar-refractivity contribution in [2.45, 2.75) is 13.8 Å². The van der Waals surface area contributed by atoms with Crippen LogP contribution in [0, 0.1) is 0 Å². The average molecular weight is 265 g/mol. The highest BCUT2D eigenvalue weighted by atomic mass is 31.2. The number of carboxylic acids is 1. The van der Waals surface area contributed by atoms with Gasteiger partial charge in [-0.1, -0.05) is 12.2 Å². The molecular formula is C10H20NO5P. The summed E-state index contributed by atoms with van der Waals surface area (Å²) in [7, 11) is -3.02. The third-order valence-electron chi connectivity index (χ3n) is 1.69. The summed E-state index contributed by atoms with van der Waals surface area (Å²) < 4.78 is 22.1. The Hall–Kier alpha value is -0.680. The molecule has 0 aliphatic heterocycles. The van der Waals surface area contributed by atoms with E-state index in [2.05, 4.69) is 5.32 Å². The smallest absolute Gasteiger partial charge is 0.334 e. The van der Waals surface area contributed by atoms with Crippen LogP contribution in [-0.2, 0) is 18.4 Å². The van der Waals surface area contributed by atoms with E-state index in [1.165, 1.54) is 0 Å². The molecule has 6 nitrogen and oxygen atoms in total. The molecule has 2 N–H and O–H groups in total. The van der Waals surface area contributed by atoms with Gasteiger partial charge in [0.15, 0.2) is 0 Å². The number of rotatable bonds is 10. The first-order valence-corrected chi connectivity index (χ1v) is 7.22. The van der Waals surface area contributed by atoms with Crippen LogP contribution in [0.2, 0.25) is 0 Å². The molecule has 0 unspecified atom stereocenters. The van der Waals surface area contributed by atoms with Crippen LogP contribution in [0.15, 0.2) is 12.2 Å². The van der Waals surface area contributed by atoms with Crippen LogP contribution in [-0.4, -0.2) is 43.5 Å². The maximum absolute atomic E-state index is 11.9. The molecule has 0 aromatic rings. The molecule has 0 aromatic carbocycles. The molecule has 7 heteroatoms. The van der Waals surface area contributed by atoms with E-state index in [9.17, 15) is 9.36 Å². The van der Waals surface area contributed by atoms with Crippen molar-refractivity contribution in [2.24, 2.45) is 0 Å². The van der Waals surface area contributed by atoms with Crippen LogP contribution in [0.5, 0.6) is 0 Å². The molecule has 100 valence electrons. The Morgan fingerprint density at radius 3 is 2.35 bits per heavy atom. The van der Waals surface area contributed by atoms with Crippen molar-refractivity contribution >= 4 is 13.6 Å². The summed E-state index contributed by atoms with van der Waals surface area (Å²) in [6.45, 7) is 4.49. The quantitative estimate of drug-likeness (QED) is 0.353. The summed E-state index contributed by atoms with van der Waals surface area (Å²) in [5.74, 6) is -0.910. The lowest BCUT2D eigenvalue weighted by atomic mass is 10.5. The van der Waals surface area contributed by atoms with E-state index in [1.54, 1.807) is 26.0 Å². The zero-order valence-corrected chi connectivity index (χ0v) is 11.1. The third kappa shape index (κ3) is 9.06. The topological polar surface area (TPSA) is 84.9 Å². The van der Waals surface area contributed by atoms with Crippen LogP contribution in [0.1, 0.15) is 13.8 Å². The van der Waals surface area contributed by atoms with Crippen molar-refractivity contribution < 1.29 is 23.5 Å². The first kappa shape index (κ1) is 16.3. The van der Waals surface area contributed by atoms with Crippen LogP contribution in [0.4, 0.5) is 0 Å². The molecule has 0 aliphatic rings. The lowest BCUT2D eigenvalue weighted by Crippen LogP contribution is -2.22. The second kappa shape index (κ2) is 9.36. The fourth-order valence-electron chi connectivity index (χ4n) is 1.09. The van der Waals surface area contributed by atoms with Crippen LogP contribution in [0.3, 0.4) is 0 Å². The molecule has 0 saturated heterocycles. The molecule has 0 heterocycles. The number of carbonyl (C=O) groups is 1. The van der Waals surface area contributed by atoms with Gasteiger partial charge in [-0.25, -0.2) is 0 Å². The van der Waals surface area contributed by atoms with E-state index in [1.807, 2.05) is 0 Å². The minimum absolute atomic E-state index is 0.0983. The van der Waals surface area contributed by atoms with E-state index in [0.29, 0.717) is 19.8 Å². The summed E-state index contributed by atoms with van der Waals surface area (Å²) in [6, 6.07) is 0. The Balaban J connectivity index is 3.91. The van der Waals surface area contributed by atoms with Crippen molar-refractivity contribution in [3.8, 4) is 0 Å². The molecule has 0 fully saturated rings. The van der Waals surface area contributed by atoms with Gasteiger partial charge < -0.3 is 19.5 Å². The molecule has 0 spiro atoms. The fourth-order valence-corrected chi connectivity index (χ4v) is 2.56. The highest BCUT2D eigenvalue weighted by Gasteiger charge is 2.20. The first-order valence-electron chi connectivity index (χ1n) is 5.49. The van der Waals surface area contributed by atoms with Crippen LogP contribution >= 0.6 is 7.60 Å². The number of hydrogen-bond acceptors (Lipinski definition) is 5. The Kier molecular flexibility index (Phi) is 8.99. The number of hydrogen-bond donors (Lipinski definition) is 2. The zero-order chi connectivity index (χ0) is 13.1. The van der Waals surface area contributed by atoms with Crippen molar-refractivity contribution in [1.82, 2.24) is 5.32 Å². The molecule has 0 rings (SSSR count). The van der Waals surface area contributed by atoms with Crippen LogP contribution < -0.4 is 5.32 Å². The monoisotopic (exact) mass is 265 g/mol. The van der Waals surface area contributed by atoms with Crippen molar-refractivity contribution in [3.05, 3.63) is 12.2 Å². The second-order valence-electron chi connectivity index (χ2n) is 3.13. The summed E-state index contributed by atoms with van der Waals surface area (Å²) in [6.07, 6.45) is 3.57. The highest BCUT2D eigenvalue weighted by molar-refractivity contribution is 7.54. The number of allylic oxidation sites excluding steroid dienone is 1. The highest BCUT2D eigenvalue weighted by Crippen LogP contribution is 2.47. The fraction of sp³-hybridized carbons (Fsp3) is 0.700. The number of aliphatic carboxylic acids is 1. The van der Waals surface area contributed by atoms with Gasteiger partial charge in [0, 0.05) is 6.54 Å². The standard InChI is InChI=1S/C10H20NO5P/c1-3-15-17(14,16-4-2)8-6-5-7-11-9-10(12)13/h5-6,11H,3-4,7-9H2,1-2H3,(H,12,13). The lowest BCUT2D eigenvalue weighted by Gasteiger charge is -2.14. The number of carboxylic acid groups (broad SMARTS) is 1. The van der Waals surface area contributed by atoms with Crippen molar-refractivity contribution in [1.29, 1.82) is 0 Å². The Labute approximate surface area is 102 Å². The van der Waals surface area contributed by atoms with E-state index < -0.39 is 13.6 Å². The van der Waals surface area contributed by atoms with Gasteiger partial charge in [0.2, 0.25) is 0 Å². The second-order valence-corrected chi connectivity index (χ2v) is 5.23. The van der Waals surface area contributed by atoms with Gasteiger partial charge in [-0.3, -0.25) is 9.36 Å². The van der Waals surface area contributed by atoms with E-state index in [0.717, 1.165) is 0 Å². The molecule has 0 bridgehead atoms. The van der Waals surface area contributed by atoms with Crippen molar-refractivity contribution in [2.75, 3.05) is 32.5 Å². The van der Waals surface area contributed by atoms with E-state index >= 15 is 0 Å².